The lowest BCUT2D eigenvalue weighted by Crippen LogP contribution is -2.25. The minimum Gasteiger partial charge on any atom is -0.483 e. The molecule has 0 saturated carbocycles. The number of carbonyl (C=O) groups is 1. The summed E-state index contributed by atoms with van der Waals surface area (Å²) in [6.07, 6.45) is 1.37. The summed E-state index contributed by atoms with van der Waals surface area (Å²) in [5.41, 5.74) is 4.72. The van der Waals surface area contributed by atoms with Gasteiger partial charge in [0.1, 0.15) is 11.6 Å². The molecule has 0 fully saturated rings. The van der Waals surface area contributed by atoms with Crippen molar-refractivity contribution < 1.29 is 13.9 Å². The van der Waals surface area contributed by atoms with Crippen LogP contribution < -0.4 is 10.2 Å². The summed E-state index contributed by atoms with van der Waals surface area (Å²) in [6.45, 7) is 5.75. The Morgan fingerprint density at radius 3 is 2.80 bits per heavy atom. The second-order valence-corrected chi connectivity index (χ2v) is 6.34. The van der Waals surface area contributed by atoms with Crippen molar-refractivity contribution in [3.8, 4) is 5.75 Å². The third kappa shape index (κ3) is 5.57. The van der Waals surface area contributed by atoms with E-state index in [0.717, 1.165) is 11.1 Å². The summed E-state index contributed by atoms with van der Waals surface area (Å²) >= 11 is 6.15. The first-order chi connectivity index (χ1) is 11.9. The van der Waals surface area contributed by atoms with Crippen molar-refractivity contribution in [2.45, 2.75) is 26.7 Å². The largest absolute Gasteiger partial charge is 0.483 e. The van der Waals surface area contributed by atoms with Crippen molar-refractivity contribution >= 4 is 23.7 Å². The van der Waals surface area contributed by atoms with Crippen molar-refractivity contribution in [1.29, 1.82) is 0 Å². The van der Waals surface area contributed by atoms with E-state index in [4.69, 9.17) is 16.3 Å². The molecule has 1 amide bonds. The van der Waals surface area contributed by atoms with Gasteiger partial charge in [-0.25, -0.2) is 9.82 Å². The van der Waals surface area contributed by atoms with Gasteiger partial charge in [-0.2, -0.15) is 5.10 Å². The lowest BCUT2D eigenvalue weighted by atomic mass is 10.0. The monoisotopic (exact) mass is 362 g/mol. The van der Waals surface area contributed by atoms with Crippen LogP contribution in [0, 0.1) is 12.7 Å². The highest BCUT2D eigenvalue weighted by Crippen LogP contribution is 2.31. The van der Waals surface area contributed by atoms with E-state index >= 15 is 0 Å². The van der Waals surface area contributed by atoms with Crippen LogP contribution in [-0.4, -0.2) is 18.7 Å². The number of halogens is 2. The minimum absolute atomic E-state index is 0.179. The highest BCUT2D eigenvalue weighted by Gasteiger charge is 2.12. The molecule has 2 aromatic rings. The molecular weight excluding hydrogens is 343 g/mol. The van der Waals surface area contributed by atoms with Crippen molar-refractivity contribution in [2.24, 2.45) is 5.10 Å². The molecule has 0 heterocycles. The van der Waals surface area contributed by atoms with E-state index in [1.165, 1.54) is 18.3 Å². The van der Waals surface area contributed by atoms with E-state index in [-0.39, 0.29) is 18.3 Å². The second kappa shape index (κ2) is 8.62. The Labute approximate surface area is 151 Å². The quantitative estimate of drug-likeness (QED) is 0.610. The Morgan fingerprint density at radius 1 is 1.36 bits per heavy atom. The fraction of sp³-hybridized carbons (Fsp3) is 0.263. The fourth-order valence-corrected chi connectivity index (χ4v) is 2.36. The molecule has 0 unspecified atom stereocenters. The predicted molar refractivity (Wildman–Crippen MR) is 97.9 cm³/mol. The lowest BCUT2D eigenvalue weighted by Gasteiger charge is -2.15. The van der Waals surface area contributed by atoms with E-state index in [2.05, 4.69) is 10.5 Å². The lowest BCUT2D eigenvalue weighted by molar-refractivity contribution is -0.123. The molecule has 0 saturated heterocycles. The van der Waals surface area contributed by atoms with Crippen molar-refractivity contribution in [3.05, 3.63) is 63.9 Å². The van der Waals surface area contributed by atoms with Gasteiger partial charge in [0, 0.05) is 5.02 Å². The van der Waals surface area contributed by atoms with Crippen LogP contribution in [0.3, 0.4) is 0 Å². The van der Waals surface area contributed by atoms with E-state index < -0.39 is 5.91 Å². The molecule has 4 nitrogen and oxygen atoms in total. The fourth-order valence-electron chi connectivity index (χ4n) is 2.19. The highest BCUT2D eigenvalue weighted by atomic mass is 35.5. The summed E-state index contributed by atoms with van der Waals surface area (Å²) < 4.78 is 18.7. The van der Waals surface area contributed by atoms with Crippen LogP contribution in [0.5, 0.6) is 5.75 Å². The zero-order valence-corrected chi connectivity index (χ0v) is 15.1. The third-order valence-electron chi connectivity index (χ3n) is 3.52. The van der Waals surface area contributed by atoms with Crippen LogP contribution in [0.25, 0.3) is 0 Å². The molecule has 132 valence electrons. The summed E-state index contributed by atoms with van der Waals surface area (Å²) in [5, 5.41) is 4.46. The van der Waals surface area contributed by atoms with Gasteiger partial charge in [0.05, 0.1) is 6.21 Å². The zero-order valence-electron chi connectivity index (χ0n) is 14.3. The van der Waals surface area contributed by atoms with Crippen LogP contribution in [0.1, 0.15) is 36.5 Å². The maximum atomic E-state index is 13.0. The smallest absolute Gasteiger partial charge is 0.277 e. The van der Waals surface area contributed by atoms with Crippen LogP contribution in [0.15, 0.2) is 41.5 Å². The normalized spacial score (nSPS) is 11.1. The number of hydrogen-bond acceptors (Lipinski definition) is 3. The second-order valence-electron chi connectivity index (χ2n) is 5.93. The average Bonchev–Trinajstić information content (AvgIpc) is 2.55. The molecule has 0 spiro atoms. The van der Waals surface area contributed by atoms with Crippen LogP contribution in [0.4, 0.5) is 4.39 Å². The molecule has 2 rings (SSSR count). The van der Waals surface area contributed by atoms with Gasteiger partial charge in [-0.05, 0) is 53.8 Å². The van der Waals surface area contributed by atoms with E-state index in [1.54, 1.807) is 12.1 Å². The minimum atomic E-state index is -0.407. The van der Waals surface area contributed by atoms with Crippen LogP contribution >= 0.6 is 11.6 Å². The molecule has 0 radical (unpaired) electrons. The Bertz CT molecular complexity index is 791. The molecule has 0 aliphatic heterocycles. The molecule has 6 heteroatoms. The average molecular weight is 363 g/mol. The Hall–Kier alpha value is -2.40. The molecule has 2 aromatic carbocycles. The number of ether oxygens (including phenoxy) is 1. The maximum Gasteiger partial charge on any atom is 0.277 e. The van der Waals surface area contributed by atoms with E-state index in [0.29, 0.717) is 16.3 Å². The molecule has 1 N–H and O–H groups in total. The number of aryl methyl sites for hydroxylation is 1. The SMILES string of the molecule is Cc1cc(OCC(=O)N/N=C/c2cccc(F)c2)c(C(C)C)cc1Cl. The highest BCUT2D eigenvalue weighted by molar-refractivity contribution is 6.31. The van der Waals surface area contributed by atoms with Gasteiger partial charge in [0.25, 0.3) is 5.91 Å². The van der Waals surface area contributed by atoms with Crippen LogP contribution in [0.2, 0.25) is 5.02 Å². The molecule has 0 aliphatic carbocycles. The van der Waals surface area contributed by atoms with Crippen molar-refractivity contribution in [2.75, 3.05) is 6.61 Å². The van der Waals surface area contributed by atoms with E-state index in [9.17, 15) is 9.18 Å². The van der Waals surface area contributed by atoms with Gasteiger partial charge in [-0.1, -0.05) is 37.6 Å². The number of nitrogens with one attached hydrogen (secondary N) is 1. The molecule has 0 bridgehead atoms. The van der Waals surface area contributed by atoms with Crippen LogP contribution in [-0.2, 0) is 4.79 Å². The Kier molecular flexibility index (Phi) is 6.53. The van der Waals surface area contributed by atoms with Gasteiger partial charge >= 0.3 is 0 Å². The Balaban J connectivity index is 1.95. The number of hydrogen-bond donors (Lipinski definition) is 1. The first-order valence-corrected chi connectivity index (χ1v) is 8.25. The van der Waals surface area contributed by atoms with Gasteiger partial charge in [0.2, 0.25) is 0 Å². The number of benzene rings is 2. The number of hydrazone groups is 1. The van der Waals surface area contributed by atoms with Gasteiger partial charge in [0.15, 0.2) is 6.61 Å². The zero-order chi connectivity index (χ0) is 18.4. The predicted octanol–water partition coefficient (Wildman–Crippen LogP) is 4.44. The van der Waals surface area contributed by atoms with Crippen molar-refractivity contribution in [1.82, 2.24) is 5.43 Å². The first kappa shape index (κ1) is 18.9. The molecule has 25 heavy (non-hydrogen) atoms. The molecule has 0 atom stereocenters. The molecule has 0 aromatic heterocycles. The number of carbonyl (C=O) groups excluding carboxylic acids is 1. The maximum absolute atomic E-state index is 13.0. The first-order valence-electron chi connectivity index (χ1n) is 7.87. The topological polar surface area (TPSA) is 50.7 Å². The number of rotatable bonds is 6. The van der Waals surface area contributed by atoms with Gasteiger partial charge in [-0.15, -0.1) is 0 Å². The standard InChI is InChI=1S/C19H20ClFN2O2/c1-12(2)16-9-17(20)13(3)7-18(16)25-11-19(24)23-22-10-14-5-4-6-15(21)8-14/h4-10,12H,11H2,1-3H3,(H,23,24)/b22-10+. The summed E-state index contributed by atoms with van der Waals surface area (Å²) in [5.74, 6) is 0.0659. The Morgan fingerprint density at radius 2 is 2.12 bits per heavy atom. The molecule has 0 aliphatic rings. The molecular formula is C19H20ClFN2O2. The summed E-state index contributed by atoms with van der Waals surface area (Å²) in [4.78, 5) is 11.9. The van der Waals surface area contributed by atoms with Gasteiger partial charge in [-0.3, -0.25) is 4.79 Å². The van der Waals surface area contributed by atoms with Crippen molar-refractivity contribution in [3.63, 3.8) is 0 Å². The third-order valence-corrected chi connectivity index (χ3v) is 3.93. The number of nitrogens with zero attached hydrogens (tertiary/aromatic N) is 1. The summed E-state index contributed by atoms with van der Waals surface area (Å²) in [7, 11) is 0. The number of amides is 1. The summed E-state index contributed by atoms with van der Waals surface area (Å²) in [6, 6.07) is 9.58. The van der Waals surface area contributed by atoms with Gasteiger partial charge < -0.3 is 4.74 Å². The van der Waals surface area contributed by atoms with E-state index in [1.807, 2.05) is 32.9 Å².